The molecular formula is C10H12N2O. The third kappa shape index (κ3) is 1.31. The van der Waals surface area contributed by atoms with Gasteiger partial charge in [-0.05, 0) is 18.1 Å². The number of rotatable bonds is 0. The molecule has 0 fully saturated rings. The Kier molecular flexibility index (Phi) is 1.81. The molecule has 1 aliphatic heterocycles. The van der Waals surface area contributed by atoms with E-state index in [2.05, 4.69) is 5.32 Å². The molecule has 1 aromatic rings. The second-order valence-corrected chi connectivity index (χ2v) is 3.40. The number of benzene rings is 1. The summed E-state index contributed by atoms with van der Waals surface area (Å²) in [5, 5.41) is 2.84. The minimum atomic E-state index is -0.149. The molecule has 1 aromatic carbocycles. The predicted molar refractivity (Wildman–Crippen MR) is 51.4 cm³/mol. The average Bonchev–Trinajstić information content (AvgIpc) is 2.07. The molecule has 3 N–H and O–H groups in total. The van der Waals surface area contributed by atoms with Crippen LogP contribution in [0.5, 0.6) is 0 Å². The molecule has 0 aliphatic carbocycles. The number of carbonyl (C=O) groups excluding carboxylic acids is 1. The molecule has 0 spiro atoms. The number of nitrogens with one attached hydrogen (secondary N) is 1. The normalized spacial score (nSPS) is 20.8. The number of para-hydroxylation sites is 1. The second kappa shape index (κ2) is 2.85. The number of fused-ring (bicyclic) bond motifs is 1. The molecule has 3 heteroatoms. The molecule has 0 saturated heterocycles. The Hall–Kier alpha value is -1.35. The van der Waals surface area contributed by atoms with Crippen molar-refractivity contribution >= 4 is 11.6 Å². The van der Waals surface area contributed by atoms with Crippen LogP contribution in [0.3, 0.4) is 0 Å². The summed E-state index contributed by atoms with van der Waals surface area (Å²) >= 11 is 0. The Labute approximate surface area is 76.9 Å². The van der Waals surface area contributed by atoms with E-state index < -0.39 is 0 Å². The van der Waals surface area contributed by atoms with Gasteiger partial charge in [0.25, 0.3) is 0 Å². The van der Waals surface area contributed by atoms with E-state index in [-0.39, 0.29) is 11.9 Å². The van der Waals surface area contributed by atoms with Crippen LogP contribution in [0.2, 0.25) is 0 Å². The monoisotopic (exact) mass is 176 g/mol. The standard InChI is InChI=1S/C10H12N2O/c1-6-3-2-4-7-8(11)5-9(13)12-10(6)7/h2-4,8H,5,11H2,1H3,(H,12,13). The Balaban J connectivity index is 2.54. The molecule has 0 bridgehead atoms. The molecule has 0 radical (unpaired) electrons. The molecule has 0 aromatic heterocycles. The van der Waals surface area contributed by atoms with E-state index in [0.717, 1.165) is 16.8 Å². The summed E-state index contributed by atoms with van der Waals surface area (Å²) in [4.78, 5) is 11.2. The number of hydrogen-bond acceptors (Lipinski definition) is 2. The summed E-state index contributed by atoms with van der Waals surface area (Å²) in [6.45, 7) is 1.97. The zero-order chi connectivity index (χ0) is 9.42. The Morgan fingerprint density at radius 3 is 3.08 bits per heavy atom. The molecule has 68 valence electrons. The summed E-state index contributed by atoms with van der Waals surface area (Å²) in [5.74, 6) is 0.00861. The van der Waals surface area contributed by atoms with Gasteiger partial charge in [-0.3, -0.25) is 4.79 Å². The van der Waals surface area contributed by atoms with Crippen molar-refractivity contribution in [2.24, 2.45) is 5.73 Å². The van der Waals surface area contributed by atoms with E-state index in [1.807, 2.05) is 25.1 Å². The molecule has 2 rings (SSSR count). The highest BCUT2D eigenvalue weighted by molar-refractivity contribution is 5.95. The fraction of sp³-hybridized carbons (Fsp3) is 0.300. The predicted octanol–water partition coefficient (Wildman–Crippen LogP) is 1.34. The zero-order valence-electron chi connectivity index (χ0n) is 7.50. The van der Waals surface area contributed by atoms with E-state index >= 15 is 0 Å². The quantitative estimate of drug-likeness (QED) is 0.626. The van der Waals surface area contributed by atoms with Crippen LogP contribution in [0.1, 0.15) is 23.6 Å². The molecule has 1 heterocycles. The van der Waals surface area contributed by atoms with Gasteiger partial charge in [0, 0.05) is 18.2 Å². The van der Waals surface area contributed by atoms with Crippen molar-refractivity contribution in [3.05, 3.63) is 29.3 Å². The Morgan fingerprint density at radius 2 is 2.31 bits per heavy atom. The van der Waals surface area contributed by atoms with Crippen LogP contribution in [-0.4, -0.2) is 5.91 Å². The molecule has 1 unspecified atom stereocenters. The van der Waals surface area contributed by atoms with Crippen LogP contribution < -0.4 is 11.1 Å². The fourth-order valence-corrected chi connectivity index (χ4v) is 1.67. The van der Waals surface area contributed by atoms with Crippen molar-refractivity contribution in [1.82, 2.24) is 0 Å². The first kappa shape index (κ1) is 8.26. The van der Waals surface area contributed by atoms with E-state index in [1.165, 1.54) is 0 Å². The van der Waals surface area contributed by atoms with Crippen molar-refractivity contribution in [1.29, 1.82) is 0 Å². The maximum absolute atomic E-state index is 11.2. The van der Waals surface area contributed by atoms with E-state index in [0.29, 0.717) is 6.42 Å². The van der Waals surface area contributed by atoms with Gasteiger partial charge >= 0.3 is 0 Å². The van der Waals surface area contributed by atoms with Gasteiger partial charge < -0.3 is 11.1 Å². The van der Waals surface area contributed by atoms with Crippen LogP contribution in [0.4, 0.5) is 5.69 Å². The smallest absolute Gasteiger partial charge is 0.226 e. The van der Waals surface area contributed by atoms with Gasteiger partial charge in [-0.25, -0.2) is 0 Å². The van der Waals surface area contributed by atoms with Crippen molar-refractivity contribution < 1.29 is 4.79 Å². The summed E-state index contributed by atoms with van der Waals surface area (Å²) in [6, 6.07) is 5.75. The lowest BCUT2D eigenvalue weighted by Gasteiger charge is -2.23. The van der Waals surface area contributed by atoms with Gasteiger partial charge in [0.1, 0.15) is 0 Å². The van der Waals surface area contributed by atoms with Crippen LogP contribution in [0.25, 0.3) is 0 Å². The SMILES string of the molecule is Cc1cccc2c1NC(=O)CC2N. The second-order valence-electron chi connectivity index (χ2n) is 3.40. The molecule has 1 amide bonds. The Bertz CT molecular complexity index is 360. The van der Waals surface area contributed by atoms with Crippen molar-refractivity contribution in [2.75, 3.05) is 5.32 Å². The minimum absolute atomic E-state index is 0.00861. The van der Waals surface area contributed by atoms with Gasteiger partial charge in [-0.1, -0.05) is 18.2 Å². The Morgan fingerprint density at radius 1 is 1.54 bits per heavy atom. The molecule has 3 nitrogen and oxygen atoms in total. The van der Waals surface area contributed by atoms with Crippen molar-refractivity contribution in [2.45, 2.75) is 19.4 Å². The fourth-order valence-electron chi connectivity index (χ4n) is 1.67. The summed E-state index contributed by atoms with van der Waals surface area (Å²) in [6.07, 6.45) is 0.385. The van der Waals surface area contributed by atoms with E-state index in [1.54, 1.807) is 0 Å². The van der Waals surface area contributed by atoms with E-state index in [4.69, 9.17) is 5.73 Å². The number of carbonyl (C=O) groups is 1. The van der Waals surface area contributed by atoms with Gasteiger partial charge in [0.2, 0.25) is 5.91 Å². The minimum Gasteiger partial charge on any atom is -0.325 e. The molecular weight excluding hydrogens is 164 g/mol. The maximum Gasteiger partial charge on any atom is 0.226 e. The highest BCUT2D eigenvalue weighted by atomic mass is 16.1. The largest absolute Gasteiger partial charge is 0.325 e. The molecule has 13 heavy (non-hydrogen) atoms. The number of amides is 1. The lowest BCUT2D eigenvalue weighted by Crippen LogP contribution is -2.27. The van der Waals surface area contributed by atoms with Crippen molar-refractivity contribution in [3.8, 4) is 0 Å². The van der Waals surface area contributed by atoms with Gasteiger partial charge in [-0.15, -0.1) is 0 Å². The third-order valence-corrected chi connectivity index (χ3v) is 2.37. The highest BCUT2D eigenvalue weighted by Crippen LogP contribution is 2.30. The lowest BCUT2D eigenvalue weighted by molar-refractivity contribution is -0.116. The maximum atomic E-state index is 11.2. The first-order valence-corrected chi connectivity index (χ1v) is 4.33. The third-order valence-electron chi connectivity index (χ3n) is 2.37. The van der Waals surface area contributed by atoms with Gasteiger partial charge in [0.15, 0.2) is 0 Å². The lowest BCUT2D eigenvalue weighted by atomic mass is 9.96. The summed E-state index contributed by atoms with van der Waals surface area (Å²) < 4.78 is 0. The average molecular weight is 176 g/mol. The summed E-state index contributed by atoms with van der Waals surface area (Å²) in [5.41, 5.74) is 8.85. The van der Waals surface area contributed by atoms with Gasteiger partial charge in [-0.2, -0.15) is 0 Å². The topological polar surface area (TPSA) is 55.1 Å². The van der Waals surface area contributed by atoms with Crippen molar-refractivity contribution in [3.63, 3.8) is 0 Å². The van der Waals surface area contributed by atoms with Crippen LogP contribution in [-0.2, 0) is 4.79 Å². The number of hydrogen-bond donors (Lipinski definition) is 2. The van der Waals surface area contributed by atoms with Crippen LogP contribution in [0.15, 0.2) is 18.2 Å². The van der Waals surface area contributed by atoms with E-state index in [9.17, 15) is 4.79 Å². The molecule has 1 atom stereocenters. The first-order valence-electron chi connectivity index (χ1n) is 4.33. The number of aryl methyl sites for hydroxylation is 1. The number of anilines is 1. The molecule has 0 saturated carbocycles. The first-order chi connectivity index (χ1) is 6.18. The van der Waals surface area contributed by atoms with Gasteiger partial charge in [0.05, 0.1) is 0 Å². The van der Waals surface area contributed by atoms with Crippen LogP contribution >= 0.6 is 0 Å². The zero-order valence-corrected chi connectivity index (χ0v) is 7.50. The molecule has 1 aliphatic rings. The summed E-state index contributed by atoms with van der Waals surface area (Å²) in [7, 11) is 0. The van der Waals surface area contributed by atoms with Crippen LogP contribution in [0, 0.1) is 6.92 Å². The number of nitrogens with two attached hydrogens (primary N) is 1. The highest BCUT2D eigenvalue weighted by Gasteiger charge is 2.22.